The summed E-state index contributed by atoms with van der Waals surface area (Å²) < 4.78 is 32.0. The van der Waals surface area contributed by atoms with Crippen LogP contribution in [0.25, 0.3) is 0 Å². The third-order valence-corrected chi connectivity index (χ3v) is 5.42. The second-order valence-corrected chi connectivity index (χ2v) is 7.37. The van der Waals surface area contributed by atoms with Gasteiger partial charge in [-0.2, -0.15) is 0 Å². The molecular formula is C17H19N3O5S. The SMILES string of the molecule is COc1ccc(S(=O)(=O)N(C)c2ccccc2C(N)=O)cc1NC(C)=O. The lowest BCUT2D eigenvalue weighted by molar-refractivity contribution is -0.114. The Labute approximate surface area is 151 Å². The summed E-state index contributed by atoms with van der Waals surface area (Å²) in [5.74, 6) is -0.791. The molecule has 0 aliphatic carbocycles. The van der Waals surface area contributed by atoms with E-state index in [-0.39, 0.29) is 27.7 Å². The summed E-state index contributed by atoms with van der Waals surface area (Å²) in [4.78, 5) is 22.8. The van der Waals surface area contributed by atoms with Crippen LogP contribution in [-0.2, 0) is 14.8 Å². The Morgan fingerprint density at radius 3 is 2.38 bits per heavy atom. The molecule has 0 heterocycles. The van der Waals surface area contributed by atoms with Crippen molar-refractivity contribution in [2.45, 2.75) is 11.8 Å². The Bertz CT molecular complexity index is 957. The fourth-order valence-electron chi connectivity index (χ4n) is 2.38. The van der Waals surface area contributed by atoms with Gasteiger partial charge in [-0.25, -0.2) is 8.42 Å². The number of sulfonamides is 1. The highest BCUT2D eigenvalue weighted by molar-refractivity contribution is 7.92. The fourth-order valence-corrected chi connectivity index (χ4v) is 3.62. The van der Waals surface area contributed by atoms with Gasteiger partial charge >= 0.3 is 0 Å². The van der Waals surface area contributed by atoms with E-state index in [9.17, 15) is 18.0 Å². The zero-order valence-electron chi connectivity index (χ0n) is 14.5. The minimum Gasteiger partial charge on any atom is -0.495 e. The first-order valence-electron chi connectivity index (χ1n) is 7.52. The number of nitrogens with one attached hydrogen (secondary N) is 1. The lowest BCUT2D eigenvalue weighted by Gasteiger charge is -2.22. The summed E-state index contributed by atoms with van der Waals surface area (Å²) in [5, 5.41) is 2.52. The van der Waals surface area contributed by atoms with Crippen LogP contribution in [0.15, 0.2) is 47.4 Å². The molecule has 0 saturated heterocycles. The van der Waals surface area contributed by atoms with Crippen molar-refractivity contribution in [3.05, 3.63) is 48.0 Å². The van der Waals surface area contributed by atoms with Gasteiger partial charge in [0.2, 0.25) is 5.91 Å². The third kappa shape index (κ3) is 3.77. The number of anilines is 2. The molecule has 0 unspecified atom stereocenters. The predicted molar refractivity (Wildman–Crippen MR) is 97.8 cm³/mol. The number of para-hydroxylation sites is 1. The van der Waals surface area contributed by atoms with Crippen LogP contribution in [0.5, 0.6) is 5.75 Å². The van der Waals surface area contributed by atoms with E-state index >= 15 is 0 Å². The van der Waals surface area contributed by atoms with Crippen LogP contribution in [0.2, 0.25) is 0 Å². The molecule has 9 heteroatoms. The van der Waals surface area contributed by atoms with Crippen molar-refractivity contribution in [1.82, 2.24) is 0 Å². The number of nitrogens with zero attached hydrogens (tertiary/aromatic N) is 1. The number of methoxy groups -OCH3 is 1. The molecule has 0 aliphatic rings. The second kappa shape index (κ2) is 7.44. The number of carbonyl (C=O) groups excluding carboxylic acids is 2. The summed E-state index contributed by atoms with van der Waals surface area (Å²) in [5.41, 5.74) is 5.77. The number of primary amides is 1. The maximum Gasteiger partial charge on any atom is 0.264 e. The second-order valence-electron chi connectivity index (χ2n) is 5.40. The van der Waals surface area contributed by atoms with Gasteiger partial charge in [0.1, 0.15) is 5.75 Å². The topological polar surface area (TPSA) is 119 Å². The van der Waals surface area contributed by atoms with E-state index in [1.807, 2.05) is 0 Å². The smallest absolute Gasteiger partial charge is 0.264 e. The molecule has 0 spiro atoms. The molecule has 0 fully saturated rings. The van der Waals surface area contributed by atoms with E-state index in [0.717, 1.165) is 4.31 Å². The Balaban J connectivity index is 2.54. The molecule has 0 bridgehead atoms. The molecule has 8 nitrogen and oxygen atoms in total. The van der Waals surface area contributed by atoms with Crippen molar-refractivity contribution in [2.75, 3.05) is 23.8 Å². The first-order chi connectivity index (χ1) is 12.2. The largest absolute Gasteiger partial charge is 0.495 e. The number of hydrogen-bond donors (Lipinski definition) is 2. The Morgan fingerprint density at radius 2 is 1.81 bits per heavy atom. The molecular weight excluding hydrogens is 358 g/mol. The average molecular weight is 377 g/mol. The van der Waals surface area contributed by atoms with E-state index in [0.29, 0.717) is 5.75 Å². The third-order valence-electron chi connectivity index (χ3n) is 3.65. The monoisotopic (exact) mass is 377 g/mol. The predicted octanol–water partition coefficient (Wildman–Crippen LogP) is 1.58. The van der Waals surface area contributed by atoms with Crippen molar-refractivity contribution < 1.29 is 22.7 Å². The average Bonchev–Trinajstić information content (AvgIpc) is 2.60. The van der Waals surface area contributed by atoms with Crippen molar-refractivity contribution >= 4 is 33.2 Å². The highest BCUT2D eigenvalue weighted by Gasteiger charge is 2.25. The number of hydrogen-bond acceptors (Lipinski definition) is 5. The molecule has 3 N–H and O–H groups in total. The first kappa shape index (κ1) is 19.3. The molecule has 2 rings (SSSR count). The van der Waals surface area contributed by atoms with E-state index in [1.165, 1.54) is 51.4 Å². The van der Waals surface area contributed by atoms with Gasteiger partial charge in [-0.15, -0.1) is 0 Å². The van der Waals surface area contributed by atoms with Crippen LogP contribution in [0, 0.1) is 0 Å². The summed E-state index contributed by atoms with van der Waals surface area (Å²) in [6.45, 7) is 1.30. The van der Waals surface area contributed by atoms with Crippen LogP contribution in [0.4, 0.5) is 11.4 Å². The maximum absolute atomic E-state index is 13.0. The molecule has 0 atom stereocenters. The van der Waals surface area contributed by atoms with Crippen LogP contribution in [0.1, 0.15) is 17.3 Å². The number of carbonyl (C=O) groups is 2. The summed E-state index contributed by atoms with van der Waals surface area (Å²) >= 11 is 0. The maximum atomic E-state index is 13.0. The Hall–Kier alpha value is -3.07. The van der Waals surface area contributed by atoms with Crippen molar-refractivity contribution in [3.8, 4) is 5.75 Å². The zero-order chi connectivity index (χ0) is 19.5. The summed E-state index contributed by atoms with van der Waals surface area (Å²) in [6, 6.07) is 10.2. The summed E-state index contributed by atoms with van der Waals surface area (Å²) in [6.07, 6.45) is 0. The lowest BCUT2D eigenvalue weighted by atomic mass is 10.2. The minimum absolute atomic E-state index is 0.0779. The quantitative estimate of drug-likeness (QED) is 0.792. The van der Waals surface area contributed by atoms with Gasteiger partial charge in [0.15, 0.2) is 0 Å². The molecule has 26 heavy (non-hydrogen) atoms. The van der Waals surface area contributed by atoms with E-state index < -0.39 is 15.9 Å². The molecule has 2 amide bonds. The number of ether oxygens (including phenoxy) is 1. The molecule has 0 radical (unpaired) electrons. The van der Waals surface area contributed by atoms with Gasteiger partial charge in [0, 0.05) is 14.0 Å². The Morgan fingerprint density at radius 1 is 1.15 bits per heavy atom. The fraction of sp³-hybridized carbons (Fsp3) is 0.176. The number of benzene rings is 2. The van der Waals surface area contributed by atoms with E-state index in [4.69, 9.17) is 10.5 Å². The van der Waals surface area contributed by atoms with Gasteiger partial charge < -0.3 is 15.8 Å². The highest BCUT2D eigenvalue weighted by atomic mass is 32.2. The van der Waals surface area contributed by atoms with Gasteiger partial charge in [-0.3, -0.25) is 13.9 Å². The zero-order valence-corrected chi connectivity index (χ0v) is 15.3. The van der Waals surface area contributed by atoms with Crippen LogP contribution >= 0.6 is 0 Å². The van der Waals surface area contributed by atoms with Gasteiger partial charge in [-0.1, -0.05) is 12.1 Å². The highest BCUT2D eigenvalue weighted by Crippen LogP contribution is 2.31. The number of rotatable bonds is 6. The normalized spacial score (nSPS) is 10.9. The molecule has 2 aromatic rings. The van der Waals surface area contributed by atoms with Crippen molar-refractivity contribution in [1.29, 1.82) is 0 Å². The van der Waals surface area contributed by atoms with Crippen molar-refractivity contribution in [2.24, 2.45) is 5.73 Å². The van der Waals surface area contributed by atoms with E-state index in [1.54, 1.807) is 12.1 Å². The first-order valence-corrected chi connectivity index (χ1v) is 8.96. The molecule has 0 aliphatic heterocycles. The van der Waals surface area contributed by atoms with Crippen LogP contribution < -0.4 is 20.1 Å². The number of amides is 2. The Kier molecular flexibility index (Phi) is 5.51. The van der Waals surface area contributed by atoms with Crippen LogP contribution in [-0.4, -0.2) is 34.4 Å². The lowest BCUT2D eigenvalue weighted by Crippen LogP contribution is -2.29. The van der Waals surface area contributed by atoms with Crippen LogP contribution in [0.3, 0.4) is 0 Å². The van der Waals surface area contributed by atoms with Gasteiger partial charge in [-0.05, 0) is 30.3 Å². The van der Waals surface area contributed by atoms with Crippen molar-refractivity contribution in [3.63, 3.8) is 0 Å². The van der Waals surface area contributed by atoms with Gasteiger partial charge in [0.05, 0.1) is 28.9 Å². The minimum atomic E-state index is -4.01. The van der Waals surface area contributed by atoms with E-state index in [2.05, 4.69) is 5.32 Å². The van der Waals surface area contributed by atoms with Gasteiger partial charge in [0.25, 0.3) is 15.9 Å². The molecule has 138 valence electrons. The molecule has 0 saturated carbocycles. The molecule has 2 aromatic carbocycles. The molecule has 0 aromatic heterocycles. The summed E-state index contributed by atoms with van der Waals surface area (Å²) in [7, 11) is -1.29. The number of nitrogens with two attached hydrogens (primary N) is 1. The standard InChI is InChI=1S/C17H19N3O5S/c1-11(21)19-14-10-12(8-9-16(14)25-3)26(23,24)20(2)15-7-5-4-6-13(15)17(18)22/h4-10H,1-3H3,(H2,18,22)(H,19,21).